The number of benzene rings is 2. The third-order valence-corrected chi connectivity index (χ3v) is 3.79. The summed E-state index contributed by atoms with van der Waals surface area (Å²) in [6, 6.07) is 7.87. The van der Waals surface area contributed by atoms with Crippen molar-refractivity contribution < 1.29 is 8.78 Å². The van der Waals surface area contributed by atoms with Crippen LogP contribution in [0.25, 0.3) is 11.1 Å². The number of nitrogens with one attached hydrogen (secondary N) is 1. The van der Waals surface area contributed by atoms with Gasteiger partial charge in [0.05, 0.1) is 0 Å². The van der Waals surface area contributed by atoms with Crippen molar-refractivity contribution >= 4 is 11.6 Å². The molecule has 106 valence electrons. The molecule has 0 heterocycles. The second-order valence-electron chi connectivity index (χ2n) is 4.83. The number of aryl methyl sites for hydroxylation is 1. The standard InChI is InChI=1S/C16H16ClF2N/c1-9-6-13(16(19)8-15(9)18)11-4-5-12(10(2)20-3)14(17)7-11/h4-8,10,20H,1-3H3. The van der Waals surface area contributed by atoms with E-state index in [1.165, 1.54) is 6.07 Å². The third kappa shape index (κ3) is 2.84. The molecule has 1 unspecified atom stereocenters. The molecule has 0 saturated carbocycles. The Labute approximate surface area is 122 Å². The Bertz CT molecular complexity index is 641. The fraction of sp³-hybridized carbons (Fsp3) is 0.250. The van der Waals surface area contributed by atoms with Crippen molar-refractivity contribution in [3.05, 3.63) is 58.1 Å². The minimum atomic E-state index is -0.585. The lowest BCUT2D eigenvalue weighted by molar-refractivity contribution is 0.579. The summed E-state index contributed by atoms with van der Waals surface area (Å²) in [7, 11) is 1.85. The zero-order valence-electron chi connectivity index (χ0n) is 11.6. The van der Waals surface area contributed by atoms with Crippen molar-refractivity contribution in [1.82, 2.24) is 5.32 Å². The summed E-state index contributed by atoms with van der Waals surface area (Å²) in [5.74, 6) is -1.13. The molecule has 2 aromatic carbocycles. The zero-order chi connectivity index (χ0) is 14.9. The van der Waals surface area contributed by atoms with Crippen LogP contribution in [-0.4, -0.2) is 7.05 Å². The van der Waals surface area contributed by atoms with Crippen LogP contribution in [0.5, 0.6) is 0 Å². The summed E-state index contributed by atoms with van der Waals surface area (Å²) in [5, 5.41) is 3.66. The smallest absolute Gasteiger partial charge is 0.133 e. The molecule has 0 fully saturated rings. The molecule has 1 N–H and O–H groups in total. The van der Waals surface area contributed by atoms with Gasteiger partial charge < -0.3 is 5.32 Å². The van der Waals surface area contributed by atoms with Crippen LogP contribution in [0.2, 0.25) is 5.02 Å². The first-order valence-electron chi connectivity index (χ1n) is 6.36. The number of hydrogen-bond acceptors (Lipinski definition) is 1. The van der Waals surface area contributed by atoms with Crippen LogP contribution < -0.4 is 5.32 Å². The van der Waals surface area contributed by atoms with E-state index in [1.54, 1.807) is 19.1 Å². The summed E-state index contributed by atoms with van der Waals surface area (Å²) >= 11 is 6.24. The average Bonchev–Trinajstić information content (AvgIpc) is 2.42. The summed E-state index contributed by atoms with van der Waals surface area (Å²) in [6.45, 7) is 3.60. The van der Waals surface area contributed by atoms with Gasteiger partial charge in [-0.15, -0.1) is 0 Å². The van der Waals surface area contributed by atoms with Gasteiger partial charge in [-0.1, -0.05) is 23.7 Å². The van der Waals surface area contributed by atoms with Gasteiger partial charge in [0.25, 0.3) is 0 Å². The number of halogens is 3. The normalized spacial score (nSPS) is 12.5. The first-order chi connectivity index (χ1) is 9.43. The highest BCUT2D eigenvalue weighted by Crippen LogP contribution is 2.31. The van der Waals surface area contributed by atoms with Crippen molar-refractivity contribution in [3.63, 3.8) is 0 Å². The topological polar surface area (TPSA) is 12.0 Å². The van der Waals surface area contributed by atoms with Gasteiger partial charge in [-0.25, -0.2) is 8.78 Å². The van der Waals surface area contributed by atoms with Gasteiger partial charge in [-0.2, -0.15) is 0 Å². The maximum atomic E-state index is 13.9. The predicted octanol–water partition coefficient (Wildman–Crippen LogP) is 4.87. The summed E-state index contributed by atoms with van der Waals surface area (Å²) in [5.41, 5.74) is 2.35. The monoisotopic (exact) mass is 295 g/mol. The molecule has 0 amide bonds. The Morgan fingerprint density at radius 1 is 1.10 bits per heavy atom. The molecule has 0 saturated heterocycles. The van der Waals surface area contributed by atoms with Gasteiger partial charge in [0.15, 0.2) is 0 Å². The summed E-state index contributed by atoms with van der Waals surface area (Å²) < 4.78 is 27.2. The van der Waals surface area contributed by atoms with Crippen LogP contribution in [-0.2, 0) is 0 Å². The van der Waals surface area contributed by atoms with E-state index >= 15 is 0 Å². The van der Waals surface area contributed by atoms with Crippen molar-refractivity contribution in [2.24, 2.45) is 0 Å². The quantitative estimate of drug-likeness (QED) is 0.851. The minimum Gasteiger partial charge on any atom is -0.313 e. The molecule has 1 nitrogen and oxygen atoms in total. The van der Waals surface area contributed by atoms with E-state index in [9.17, 15) is 8.78 Å². The van der Waals surface area contributed by atoms with Crippen LogP contribution >= 0.6 is 11.6 Å². The summed E-state index contributed by atoms with van der Waals surface area (Å²) in [6.07, 6.45) is 0. The molecule has 0 spiro atoms. The Hall–Kier alpha value is -1.45. The molecule has 1 atom stereocenters. The van der Waals surface area contributed by atoms with Gasteiger partial charge >= 0.3 is 0 Å². The van der Waals surface area contributed by atoms with Gasteiger partial charge in [0, 0.05) is 22.7 Å². The van der Waals surface area contributed by atoms with E-state index in [0.717, 1.165) is 11.6 Å². The maximum absolute atomic E-state index is 13.9. The van der Waals surface area contributed by atoms with Crippen LogP contribution in [0.3, 0.4) is 0 Å². The van der Waals surface area contributed by atoms with E-state index in [4.69, 9.17) is 11.6 Å². The molecule has 2 aromatic rings. The highest BCUT2D eigenvalue weighted by atomic mass is 35.5. The van der Waals surface area contributed by atoms with E-state index < -0.39 is 11.6 Å². The predicted molar refractivity (Wildman–Crippen MR) is 79.0 cm³/mol. The molecule has 20 heavy (non-hydrogen) atoms. The Kier molecular flexibility index (Phi) is 4.41. The zero-order valence-corrected chi connectivity index (χ0v) is 12.4. The SMILES string of the molecule is CNC(C)c1ccc(-c2cc(C)c(F)cc2F)cc1Cl. The summed E-state index contributed by atoms with van der Waals surface area (Å²) in [4.78, 5) is 0. The Morgan fingerprint density at radius 2 is 1.80 bits per heavy atom. The second-order valence-corrected chi connectivity index (χ2v) is 5.24. The van der Waals surface area contributed by atoms with Gasteiger partial charge in [0.2, 0.25) is 0 Å². The van der Waals surface area contributed by atoms with Crippen molar-refractivity contribution in [2.75, 3.05) is 7.05 Å². The fourth-order valence-electron chi connectivity index (χ4n) is 2.08. The number of rotatable bonds is 3. The third-order valence-electron chi connectivity index (χ3n) is 3.46. The molecule has 4 heteroatoms. The van der Waals surface area contributed by atoms with E-state index in [2.05, 4.69) is 5.32 Å². The molecule has 0 aromatic heterocycles. The molecule has 0 aliphatic rings. The van der Waals surface area contributed by atoms with Crippen LogP contribution in [0, 0.1) is 18.6 Å². The van der Waals surface area contributed by atoms with E-state index in [1.807, 2.05) is 20.0 Å². The Morgan fingerprint density at radius 3 is 2.40 bits per heavy atom. The molecule has 2 rings (SSSR count). The fourth-order valence-corrected chi connectivity index (χ4v) is 2.42. The van der Waals surface area contributed by atoms with Gasteiger partial charge in [-0.3, -0.25) is 0 Å². The largest absolute Gasteiger partial charge is 0.313 e. The average molecular weight is 296 g/mol. The van der Waals surface area contributed by atoms with Crippen LogP contribution in [0.4, 0.5) is 8.78 Å². The van der Waals surface area contributed by atoms with E-state index in [-0.39, 0.29) is 6.04 Å². The van der Waals surface area contributed by atoms with Gasteiger partial charge in [-0.05, 0) is 49.7 Å². The van der Waals surface area contributed by atoms with Crippen molar-refractivity contribution in [3.8, 4) is 11.1 Å². The first-order valence-corrected chi connectivity index (χ1v) is 6.74. The van der Waals surface area contributed by atoms with Crippen molar-refractivity contribution in [2.45, 2.75) is 19.9 Å². The lowest BCUT2D eigenvalue weighted by atomic mass is 9.99. The molecular formula is C16H16ClF2N. The van der Waals surface area contributed by atoms with Crippen molar-refractivity contribution in [1.29, 1.82) is 0 Å². The maximum Gasteiger partial charge on any atom is 0.133 e. The minimum absolute atomic E-state index is 0.108. The van der Waals surface area contributed by atoms with Crippen LogP contribution in [0.15, 0.2) is 30.3 Å². The van der Waals surface area contributed by atoms with E-state index in [0.29, 0.717) is 21.7 Å². The lowest BCUT2D eigenvalue weighted by Crippen LogP contribution is -2.12. The highest BCUT2D eigenvalue weighted by Gasteiger charge is 2.13. The van der Waals surface area contributed by atoms with Gasteiger partial charge in [0.1, 0.15) is 11.6 Å². The highest BCUT2D eigenvalue weighted by molar-refractivity contribution is 6.31. The number of hydrogen-bond donors (Lipinski definition) is 1. The molecular weight excluding hydrogens is 280 g/mol. The first kappa shape index (κ1) is 14.9. The molecule has 0 radical (unpaired) electrons. The molecule has 0 bridgehead atoms. The Balaban J connectivity index is 2.49. The van der Waals surface area contributed by atoms with Crippen LogP contribution in [0.1, 0.15) is 24.1 Å². The molecule has 0 aliphatic heterocycles. The second kappa shape index (κ2) is 5.90. The lowest BCUT2D eigenvalue weighted by Gasteiger charge is -2.14. The molecule has 0 aliphatic carbocycles.